The lowest BCUT2D eigenvalue weighted by Gasteiger charge is -2.27. The Labute approximate surface area is 144 Å². The Morgan fingerprint density at radius 3 is 2.92 bits per heavy atom. The van der Waals surface area contributed by atoms with Gasteiger partial charge in [-0.2, -0.15) is 0 Å². The van der Waals surface area contributed by atoms with Crippen molar-refractivity contribution in [1.82, 2.24) is 9.97 Å². The number of anilines is 2. The molecule has 2 aromatic rings. The van der Waals surface area contributed by atoms with Gasteiger partial charge in [0.15, 0.2) is 0 Å². The Bertz CT molecular complexity index is 707. The predicted octanol–water partition coefficient (Wildman–Crippen LogP) is 2.28. The molecule has 0 spiro atoms. The Morgan fingerprint density at radius 2 is 2.12 bits per heavy atom. The molecule has 0 atom stereocenters. The second-order valence-electron chi connectivity index (χ2n) is 5.13. The topological polar surface area (TPSA) is 76.6 Å². The largest absolute Gasteiger partial charge is 0.439 e. The predicted molar refractivity (Wildman–Crippen MR) is 90.9 cm³/mol. The van der Waals surface area contributed by atoms with E-state index in [1.807, 2.05) is 0 Å². The van der Waals surface area contributed by atoms with Crippen LogP contribution in [0, 0.1) is 0 Å². The number of halogens is 1. The van der Waals surface area contributed by atoms with Gasteiger partial charge in [-0.15, -0.1) is 11.6 Å². The van der Waals surface area contributed by atoms with Crippen LogP contribution in [-0.4, -0.2) is 48.1 Å². The van der Waals surface area contributed by atoms with Crippen LogP contribution < -0.4 is 15.0 Å². The van der Waals surface area contributed by atoms with E-state index in [1.165, 1.54) is 6.33 Å². The number of morpholine rings is 1. The second kappa shape index (κ2) is 7.94. The molecule has 0 saturated carbocycles. The molecule has 3 rings (SSSR count). The van der Waals surface area contributed by atoms with Crippen molar-refractivity contribution < 1.29 is 14.3 Å². The van der Waals surface area contributed by atoms with E-state index in [0.29, 0.717) is 30.5 Å². The van der Waals surface area contributed by atoms with Gasteiger partial charge in [-0.25, -0.2) is 9.97 Å². The first-order valence-corrected chi connectivity index (χ1v) is 8.06. The zero-order valence-electron chi connectivity index (χ0n) is 12.9. The van der Waals surface area contributed by atoms with Crippen molar-refractivity contribution in [3.63, 3.8) is 0 Å². The maximum absolute atomic E-state index is 11.4. The van der Waals surface area contributed by atoms with E-state index < -0.39 is 0 Å². The van der Waals surface area contributed by atoms with Crippen molar-refractivity contribution in [1.29, 1.82) is 0 Å². The van der Waals surface area contributed by atoms with Crippen LogP contribution in [0.5, 0.6) is 11.6 Å². The first-order valence-electron chi connectivity index (χ1n) is 7.53. The van der Waals surface area contributed by atoms with Crippen LogP contribution in [0.4, 0.5) is 11.5 Å². The average Bonchev–Trinajstić information content (AvgIpc) is 2.63. The van der Waals surface area contributed by atoms with Crippen molar-refractivity contribution in [3.05, 3.63) is 36.7 Å². The zero-order chi connectivity index (χ0) is 16.8. The van der Waals surface area contributed by atoms with Gasteiger partial charge < -0.3 is 19.7 Å². The summed E-state index contributed by atoms with van der Waals surface area (Å²) in [6.07, 6.45) is 1.47. The molecule has 1 aromatic heterocycles. The first-order chi connectivity index (χ1) is 11.7. The molecule has 1 saturated heterocycles. The highest BCUT2D eigenvalue weighted by Gasteiger charge is 2.13. The molecule has 1 amide bonds. The molecule has 1 N–H and O–H groups in total. The molecule has 0 aliphatic carbocycles. The highest BCUT2D eigenvalue weighted by Crippen LogP contribution is 2.25. The fourth-order valence-corrected chi connectivity index (χ4v) is 2.37. The van der Waals surface area contributed by atoms with Crippen molar-refractivity contribution in [2.75, 3.05) is 42.4 Å². The quantitative estimate of drug-likeness (QED) is 0.835. The van der Waals surface area contributed by atoms with E-state index >= 15 is 0 Å². The fraction of sp³-hybridized carbons (Fsp3) is 0.312. The van der Waals surface area contributed by atoms with Crippen molar-refractivity contribution >= 4 is 29.0 Å². The summed E-state index contributed by atoms with van der Waals surface area (Å²) in [5.41, 5.74) is 0.612. The number of alkyl halides is 1. The lowest BCUT2D eigenvalue weighted by atomic mass is 10.3. The minimum absolute atomic E-state index is 0.0973. The molecule has 7 nitrogen and oxygen atoms in total. The average molecular weight is 349 g/mol. The summed E-state index contributed by atoms with van der Waals surface area (Å²) in [5.74, 6) is 1.43. The van der Waals surface area contributed by atoms with Gasteiger partial charge in [0.05, 0.1) is 13.2 Å². The molecule has 1 fully saturated rings. The number of carbonyl (C=O) groups is 1. The lowest BCUT2D eigenvalue weighted by Crippen LogP contribution is -2.36. The van der Waals surface area contributed by atoms with Crippen molar-refractivity contribution in [2.45, 2.75) is 0 Å². The summed E-state index contributed by atoms with van der Waals surface area (Å²) in [6, 6.07) is 8.82. The number of nitrogens with one attached hydrogen (secondary N) is 1. The Hall–Kier alpha value is -2.38. The highest BCUT2D eigenvalue weighted by atomic mass is 35.5. The minimum atomic E-state index is -0.273. The van der Waals surface area contributed by atoms with Crippen molar-refractivity contribution in [3.8, 4) is 11.6 Å². The number of rotatable bonds is 5. The molecule has 2 heterocycles. The molecule has 126 valence electrons. The molecule has 1 aromatic carbocycles. The summed E-state index contributed by atoms with van der Waals surface area (Å²) in [7, 11) is 0. The smallest absolute Gasteiger partial charge is 0.239 e. The Kier molecular flexibility index (Phi) is 5.45. The van der Waals surface area contributed by atoms with E-state index in [1.54, 1.807) is 30.3 Å². The first kappa shape index (κ1) is 16.5. The van der Waals surface area contributed by atoms with Gasteiger partial charge >= 0.3 is 0 Å². The number of hydrogen-bond donors (Lipinski definition) is 1. The van der Waals surface area contributed by atoms with E-state index in [0.717, 1.165) is 18.9 Å². The number of nitrogens with zero attached hydrogens (tertiary/aromatic N) is 3. The van der Waals surface area contributed by atoms with Crippen LogP contribution in [0.1, 0.15) is 0 Å². The molecule has 1 aliphatic rings. The number of benzene rings is 1. The summed E-state index contributed by atoms with van der Waals surface area (Å²) < 4.78 is 11.1. The van der Waals surface area contributed by atoms with Gasteiger partial charge in [-0.1, -0.05) is 6.07 Å². The van der Waals surface area contributed by atoms with E-state index in [-0.39, 0.29) is 11.8 Å². The zero-order valence-corrected chi connectivity index (χ0v) is 13.7. The third-order valence-corrected chi connectivity index (χ3v) is 3.67. The van der Waals surface area contributed by atoms with Gasteiger partial charge in [-0.3, -0.25) is 4.79 Å². The molecule has 0 unspecified atom stereocenters. The number of carbonyl (C=O) groups excluding carboxylic acids is 1. The third kappa shape index (κ3) is 4.33. The summed E-state index contributed by atoms with van der Waals surface area (Å²) in [4.78, 5) is 21.9. The highest BCUT2D eigenvalue weighted by molar-refractivity contribution is 6.29. The van der Waals surface area contributed by atoms with Gasteiger partial charge in [-0.05, 0) is 12.1 Å². The lowest BCUT2D eigenvalue weighted by molar-refractivity contribution is -0.113. The fourth-order valence-electron chi connectivity index (χ4n) is 2.30. The minimum Gasteiger partial charge on any atom is -0.439 e. The van der Waals surface area contributed by atoms with Crippen LogP contribution in [0.3, 0.4) is 0 Å². The van der Waals surface area contributed by atoms with Crippen LogP contribution in [0.25, 0.3) is 0 Å². The van der Waals surface area contributed by atoms with Crippen LogP contribution in [0.2, 0.25) is 0 Å². The van der Waals surface area contributed by atoms with Gasteiger partial charge in [0.2, 0.25) is 11.8 Å². The van der Waals surface area contributed by atoms with Crippen LogP contribution in [0.15, 0.2) is 36.7 Å². The third-order valence-electron chi connectivity index (χ3n) is 3.42. The molecule has 0 radical (unpaired) electrons. The van der Waals surface area contributed by atoms with E-state index in [2.05, 4.69) is 20.2 Å². The van der Waals surface area contributed by atoms with E-state index in [4.69, 9.17) is 21.1 Å². The maximum atomic E-state index is 11.4. The van der Waals surface area contributed by atoms with Crippen LogP contribution in [-0.2, 0) is 9.53 Å². The number of ether oxygens (including phenoxy) is 2. The Morgan fingerprint density at radius 1 is 1.29 bits per heavy atom. The monoisotopic (exact) mass is 348 g/mol. The van der Waals surface area contributed by atoms with Crippen LogP contribution >= 0.6 is 11.6 Å². The molecule has 8 heteroatoms. The van der Waals surface area contributed by atoms with Crippen molar-refractivity contribution in [2.24, 2.45) is 0 Å². The SMILES string of the molecule is O=C(CCl)Nc1cccc(Oc2cc(N3CCOCC3)ncn2)c1. The normalized spacial score (nSPS) is 14.3. The van der Waals surface area contributed by atoms with Gasteiger partial charge in [0.25, 0.3) is 0 Å². The molecule has 1 aliphatic heterocycles. The Balaban J connectivity index is 1.71. The molecular weight excluding hydrogens is 332 g/mol. The van der Waals surface area contributed by atoms with Gasteiger partial charge in [0, 0.05) is 30.9 Å². The summed E-state index contributed by atoms with van der Waals surface area (Å²) in [5, 5.41) is 2.68. The van der Waals surface area contributed by atoms with Gasteiger partial charge in [0.1, 0.15) is 23.8 Å². The van der Waals surface area contributed by atoms with E-state index in [9.17, 15) is 4.79 Å². The second-order valence-corrected chi connectivity index (χ2v) is 5.39. The molecule has 0 bridgehead atoms. The number of hydrogen-bond acceptors (Lipinski definition) is 6. The summed E-state index contributed by atoms with van der Waals surface area (Å²) >= 11 is 5.49. The number of amides is 1. The molecule has 24 heavy (non-hydrogen) atoms. The number of aromatic nitrogens is 2. The molecular formula is C16H17ClN4O3. The standard InChI is InChI=1S/C16H17ClN4O3/c17-10-15(22)20-12-2-1-3-13(8-12)24-16-9-14(18-11-19-16)21-4-6-23-7-5-21/h1-3,8-9,11H,4-7,10H2,(H,20,22). The summed E-state index contributed by atoms with van der Waals surface area (Å²) in [6.45, 7) is 2.94. The maximum Gasteiger partial charge on any atom is 0.239 e.